The highest BCUT2D eigenvalue weighted by Gasteiger charge is 2.37. The molecule has 2 aliphatic rings. The Morgan fingerprint density at radius 1 is 1.22 bits per heavy atom. The minimum absolute atomic E-state index is 0.137. The molecule has 3 rings (SSSR count). The molecule has 23 heavy (non-hydrogen) atoms. The summed E-state index contributed by atoms with van der Waals surface area (Å²) in [5.74, 6) is 2.23. The summed E-state index contributed by atoms with van der Waals surface area (Å²) in [7, 11) is -3.17. The number of anilines is 1. The van der Waals surface area contributed by atoms with Gasteiger partial charge in [0, 0.05) is 19.2 Å². The van der Waals surface area contributed by atoms with Crippen LogP contribution in [0.4, 0.5) is 5.82 Å². The summed E-state index contributed by atoms with van der Waals surface area (Å²) in [6.45, 7) is 3.38. The molecule has 0 spiro atoms. The van der Waals surface area contributed by atoms with Gasteiger partial charge in [-0.15, -0.1) is 0 Å². The fourth-order valence-electron chi connectivity index (χ4n) is 3.55. The van der Waals surface area contributed by atoms with Gasteiger partial charge in [-0.3, -0.25) is 0 Å². The number of sulfonamides is 1. The van der Waals surface area contributed by atoms with Gasteiger partial charge in [-0.1, -0.05) is 19.3 Å². The van der Waals surface area contributed by atoms with Gasteiger partial charge in [0.25, 0.3) is 0 Å². The van der Waals surface area contributed by atoms with Crippen LogP contribution in [0.15, 0.2) is 6.07 Å². The molecule has 1 aromatic rings. The maximum atomic E-state index is 11.8. The summed E-state index contributed by atoms with van der Waals surface area (Å²) in [6.07, 6.45) is 8.66. The molecule has 0 amide bonds. The van der Waals surface area contributed by atoms with Crippen LogP contribution in [-0.2, 0) is 10.0 Å². The van der Waals surface area contributed by atoms with Crippen LogP contribution in [0.5, 0.6) is 0 Å². The second-order valence-electron chi connectivity index (χ2n) is 6.79. The third kappa shape index (κ3) is 4.01. The number of hydrogen-bond acceptors (Lipinski definition) is 5. The van der Waals surface area contributed by atoms with Gasteiger partial charge in [0.2, 0.25) is 10.0 Å². The van der Waals surface area contributed by atoms with E-state index in [0.29, 0.717) is 12.4 Å². The smallest absolute Gasteiger partial charge is 0.211 e. The topological polar surface area (TPSA) is 75.2 Å². The van der Waals surface area contributed by atoms with Gasteiger partial charge in [-0.2, -0.15) is 4.31 Å². The predicted molar refractivity (Wildman–Crippen MR) is 90.7 cm³/mol. The van der Waals surface area contributed by atoms with Gasteiger partial charge >= 0.3 is 0 Å². The van der Waals surface area contributed by atoms with E-state index in [9.17, 15) is 8.42 Å². The van der Waals surface area contributed by atoms with Crippen LogP contribution < -0.4 is 5.32 Å². The van der Waals surface area contributed by atoms with E-state index in [1.54, 1.807) is 0 Å². The van der Waals surface area contributed by atoms with Gasteiger partial charge < -0.3 is 5.32 Å². The van der Waals surface area contributed by atoms with Gasteiger partial charge in [-0.25, -0.2) is 18.4 Å². The molecule has 1 atom stereocenters. The maximum absolute atomic E-state index is 11.8. The molecule has 2 fully saturated rings. The molecule has 1 saturated heterocycles. The van der Waals surface area contributed by atoms with E-state index >= 15 is 0 Å². The largest absolute Gasteiger partial charge is 0.370 e. The molecule has 1 N–H and O–H groups in total. The highest BCUT2D eigenvalue weighted by molar-refractivity contribution is 7.88. The van der Waals surface area contributed by atoms with Crippen molar-refractivity contribution < 1.29 is 8.42 Å². The summed E-state index contributed by atoms with van der Waals surface area (Å²) < 4.78 is 25.0. The summed E-state index contributed by atoms with van der Waals surface area (Å²) in [6, 6.07) is 1.78. The van der Waals surface area contributed by atoms with E-state index in [-0.39, 0.29) is 6.04 Å². The monoisotopic (exact) mass is 338 g/mol. The van der Waals surface area contributed by atoms with Crippen LogP contribution in [0.3, 0.4) is 0 Å². The van der Waals surface area contributed by atoms with Crippen LogP contribution in [0.2, 0.25) is 0 Å². The molecule has 2 heterocycles. The summed E-state index contributed by atoms with van der Waals surface area (Å²) >= 11 is 0. The first-order chi connectivity index (χ1) is 10.9. The molecule has 0 aromatic carbocycles. The van der Waals surface area contributed by atoms with Crippen molar-refractivity contribution in [1.29, 1.82) is 0 Å². The van der Waals surface area contributed by atoms with Crippen molar-refractivity contribution in [2.24, 2.45) is 5.92 Å². The molecule has 128 valence electrons. The quantitative estimate of drug-likeness (QED) is 0.893. The Hall–Kier alpha value is -1.21. The maximum Gasteiger partial charge on any atom is 0.211 e. The van der Waals surface area contributed by atoms with Crippen molar-refractivity contribution in [2.75, 3.05) is 24.7 Å². The SMILES string of the molecule is Cc1nc(NCC2CCCCC2)cc([C@H]2CCN2S(C)(=O)=O)n1. The summed E-state index contributed by atoms with van der Waals surface area (Å²) in [4.78, 5) is 8.91. The van der Waals surface area contributed by atoms with Crippen LogP contribution in [0, 0.1) is 12.8 Å². The summed E-state index contributed by atoms with van der Waals surface area (Å²) in [5, 5.41) is 3.43. The zero-order valence-electron chi connectivity index (χ0n) is 14.0. The Morgan fingerprint density at radius 3 is 2.57 bits per heavy atom. The number of aryl methyl sites for hydroxylation is 1. The lowest BCUT2D eigenvalue weighted by Gasteiger charge is -2.38. The number of nitrogens with zero attached hydrogens (tertiary/aromatic N) is 3. The Balaban J connectivity index is 1.69. The molecule has 6 nitrogen and oxygen atoms in total. The molecule has 1 aliphatic heterocycles. The number of hydrogen-bond donors (Lipinski definition) is 1. The molecule has 1 aliphatic carbocycles. The highest BCUT2D eigenvalue weighted by Crippen LogP contribution is 2.35. The highest BCUT2D eigenvalue weighted by atomic mass is 32.2. The van der Waals surface area contributed by atoms with Crippen molar-refractivity contribution in [1.82, 2.24) is 14.3 Å². The van der Waals surface area contributed by atoms with E-state index in [0.717, 1.165) is 30.4 Å². The first-order valence-corrected chi connectivity index (χ1v) is 10.3. The summed E-state index contributed by atoms with van der Waals surface area (Å²) in [5.41, 5.74) is 0.806. The molecule has 0 radical (unpaired) electrons. The lowest BCUT2D eigenvalue weighted by Crippen LogP contribution is -2.44. The van der Waals surface area contributed by atoms with Crippen molar-refractivity contribution in [3.63, 3.8) is 0 Å². The van der Waals surface area contributed by atoms with Crippen LogP contribution >= 0.6 is 0 Å². The van der Waals surface area contributed by atoms with Crippen molar-refractivity contribution in [3.05, 3.63) is 17.6 Å². The molecule has 1 saturated carbocycles. The number of aromatic nitrogens is 2. The van der Waals surface area contributed by atoms with Crippen LogP contribution in [0.25, 0.3) is 0 Å². The molecule has 0 unspecified atom stereocenters. The fraction of sp³-hybridized carbons (Fsp3) is 0.750. The number of rotatable bonds is 5. The minimum atomic E-state index is -3.17. The molecular weight excluding hydrogens is 312 g/mol. The van der Waals surface area contributed by atoms with E-state index in [1.165, 1.54) is 42.7 Å². The normalized spacial score (nSPS) is 23.5. The van der Waals surface area contributed by atoms with Gasteiger partial charge in [0.15, 0.2) is 0 Å². The average molecular weight is 338 g/mol. The van der Waals surface area contributed by atoms with Crippen molar-refractivity contribution in [2.45, 2.75) is 51.5 Å². The lowest BCUT2D eigenvalue weighted by molar-refractivity contribution is 0.199. The zero-order valence-corrected chi connectivity index (χ0v) is 14.8. The van der Waals surface area contributed by atoms with Crippen LogP contribution in [0.1, 0.15) is 56.1 Å². The van der Waals surface area contributed by atoms with E-state index in [4.69, 9.17) is 0 Å². The lowest BCUT2D eigenvalue weighted by atomic mass is 9.89. The van der Waals surface area contributed by atoms with Gasteiger partial charge in [-0.05, 0) is 32.1 Å². The molecule has 0 bridgehead atoms. The third-order valence-corrected chi connectivity index (χ3v) is 6.18. The Bertz CT molecular complexity index is 656. The fourth-order valence-corrected chi connectivity index (χ4v) is 4.66. The second-order valence-corrected chi connectivity index (χ2v) is 8.72. The zero-order chi connectivity index (χ0) is 16.4. The number of nitrogens with one attached hydrogen (secondary N) is 1. The molecular formula is C16H26N4O2S. The van der Waals surface area contributed by atoms with E-state index in [2.05, 4.69) is 15.3 Å². The minimum Gasteiger partial charge on any atom is -0.370 e. The van der Waals surface area contributed by atoms with E-state index in [1.807, 2.05) is 13.0 Å². The average Bonchev–Trinajstić information content (AvgIpc) is 2.43. The van der Waals surface area contributed by atoms with E-state index < -0.39 is 10.0 Å². The second kappa shape index (κ2) is 6.73. The third-order valence-electron chi connectivity index (χ3n) is 4.89. The van der Waals surface area contributed by atoms with Crippen molar-refractivity contribution in [3.8, 4) is 0 Å². The Morgan fingerprint density at radius 2 is 1.96 bits per heavy atom. The Kier molecular flexibility index (Phi) is 4.87. The van der Waals surface area contributed by atoms with Crippen LogP contribution in [-0.4, -0.2) is 42.0 Å². The molecule has 7 heteroatoms. The predicted octanol–water partition coefficient (Wildman–Crippen LogP) is 2.48. The standard InChI is InChI=1S/C16H26N4O2S/c1-12-18-14(15-8-9-20(15)23(2,21)22)10-16(19-12)17-11-13-6-4-3-5-7-13/h10,13,15H,3-9,11H2,1-2H3,(H,17,18,19)/t15-/m1/s1. The van der Waals surface area contributed by atoms with Gasteiger partial charge in [0.1, 0.15) is 11.6 Å². The molecule has 1 aromatic heterocycles. The first kappa shape index (κ1) is 16.6. The van der Waals surface area contributed by atoms with Crippen molar-refractivity contribution >= 4 is 15.8 Å². The first-order valence-electron chi connectivity index (χ1n) is 8.50. The van der Waals surface area contributed by atoms with Gasteiger partial charge in [0.05, 0.1) is 18.0 Å². The Labute approximate surface area is 138 Å².